The minimum atomic E-state index is -0.122. The van der Waals surface area contributed by atoms with Gasteiger partial charge in [0.25, 0.3) is 5.91 Å². The molecule has 2 heterocycles. The van der Waals surface area contributed by atoms with Crippen LogP contribution in [0.4, 0.5) is 0 Å². The maximum Gasteiger partial charge on any atom is 0.272 e. The van der Waals surface area contributed by atoms with Gasteiger partial charge in [-0.15, -0.1) is 22.7 Å². The Balaban J connectivity index is 1.67. The summed E-state index contributed by atoms with van der Waals surface area (Å²) in [6.45, 7) is 0. The minimum absolute atomic E-state index is 0.122. The fourth-order valence-electron chi connectivity index (χ4n) is 2.30. The van der Waals surface area contributed by atoms with E-state index in [-0.39, 0.29) is 5.91 Å². The number of hydrazone groups is 1. The number of rotatable bonds is 3. The van der Waals surface area contributed by atoms with Crippen LogP contribution in [0, 0.1) is 0 Å². The number of halogens is 1. The molecule has 1 aliphatic rings. The molecule has 0 atom stereocenters. The van der Waals surface area contributed by atoms with Gasteiger partial charge in [0.2, 0.25) is 0 Å². The van der Waals surface area contributed by atoms with E-state index in [0.717, 1.165) is 23.3 Å². The lowest BCUT2D eigenvalue weighted by Gasteiger charge is -2.11. The molecule has 0 radical (unpaired) electrons. The molecule has 0 aliphatic heterocycles. The van der Waals surface area contributed by atoms with Gasteiger partial charge in [-0.25, -0.2) is 5.43 Å². The van der Waals surface area contributed by atoms with Crippen LogP contribution in [0.2, 0.25) is 4.34 Å². The quantitative estimate of drug-likeness (QED) is 0.670. The van der Waals surface area contributed by atoms with Crippen molar-refractivity contribution >= 4 is 46.4 Å². The molecule has 1 amide bonds. The highest BCUT2D eigenvalue weighted by molar-refractivity contribution is 7.17. The molecule has 1 aliphatic carbocycles. The largest absolute Gasteiger partial charge is 0.272 e. The molecule has 3 rings (SSSR count). The van der Waals surface area contributed by atoms with Gasteiger partial charge in [-0.2, -0.15) is 5.10 Å². The Bertz CT molecular complexity index is 660. The zero-order valence-corrected chi connectivity index (χ0v) is 13.1. The van der Waals surface area contributed by atoms with Crippen LogP contribution in [0.5, 0.6) is 0 Å². The molecule has 104 valence electrons. The summed E-state index contributed by atoms with van der Waals surface area (Å²) in [5, 5.41) is 5.94. The van der Waals surface area contributed by atoms with Gasteiger partial charge < -0.3 is 0 Å². The van der Waals surface area contributed by atoms with Crippen LogP contribution >= 0.6 is 34.3 Å². The first-order valence-electron chi connectivity index (χ1n) is 6.42. The number of hydrogen-bond donors (Lipinski definition) is 1. The van der Waals surface area contributed by atoms with Crippen LogP contribution in [-0.2, 0) is 12.8 Å². The lowest BCUT2D eigenvalue weighted by Crippen LogP contribution is -2.19. The van der Waals surface area contributed by atoms with E-state index in [9.17, 15) is 4.79 Å². The average Bonchev–Trinajstić information content (AvgIpc) is 3.05. The molecule has 0 spiro atoms. The number of hydrogen-bond acceptors (Lipinski definition) is 4. The van der Waals surface area contributed by atoms with E-state index >= 15 is 0 Å². The summed E-state index contributed by atoms with van der Waals surface area (Å²) in [7, 11) is 0. The second-order valence-electron chi connectivity index (χ2n) is 4.60. The Labute approximate surface area is 130 Å². The lowest BCUT2D eigenvalue weighted by molar-refractivity contribution is 0.0954. The lowest BCUT2D eigenvalue weighted by atomic mass is 9.96. The highest BCUT2D eigenvalue weighted by Crippen LogP contribution is 2.30. The van der Waals surface area contributed by atoms with Crippen molar-refractivity contribution in [1.82, 2.24) is 5.43 Å². The van der Waals surface area contributed by atoms with E-state index in [0.29, 0.717) is 4.34 Å². The summed E-state index contributed by atoms with van der Waals surface area (Å²) in [6, 6.07) is 3.68. The second kappa shape index (κ2) is 6.08. The molecular weight excluding hydrogens is 312 g/mol. The molecule has 0 fully saturated rings. The number of carbonyl (C=O) groups is 1. The molecule has 6 heteroatoms. The van der Waals surface area contributed by atoms with E-state index in [1.807, 2.05) is 17.5 Å². The third kappa shape index (κ3) is 2.95. The van der Waals surface area contributed by atoms with Gasteiger partial charge in [-0.1, -0.05) is 11.6 Å². The van der Waals surface area contributed by atoms with E-state index in [2.05, 4.69) is 10.5 Å². The van der Waals surface area contributed by atoms with Gasteiger partial charge in [0.1, 0.15) is 0 Å². The van der Waals surface area contributed by atoms with Gasteiger partial charge >= 0.3 is 0 Å². The third-order valence-corrected chi connectivity index (χ3v) is 5.51. The third-order valence-electron chi connectivity index (χ3n) is 3.26. The number of aryl methyl sites for hydroxylation is 1. The zero-order chi connectivity index (χ0) is 13.9. The van der Waals surface area contributed by atoms with Crippen molar-refractivity contribution in [2.75, 3.05) is 0 Å². The van der Waals surface area contributed by atoms with Crippen LogP contribution in [0.15, 0.2) is 22.6 Å². The van der Waals surface area contributed by atoms with Crippen molar-refractivity contribution in [3.63, 3.8) is 0 Å². The molecule has 2 aromatic heterocycles. The van der Waals surface area contributed by atoms with Gasteiger partial charge in [-0.3, -0.25) is 4.79 Å². The fourth-order valence-corrected chi connectivity index (χ4v) is 4.36. The van der Waals surface area contributed by atoms with Crippen LogP contribution in [0.25, 0.3) is 0 Å². The summed E-state index contributed by atoms with van der Waals surface area (Å²) in [6.07, 6.45) is 6.12. The average molecular weight is 325 g/mol. The van der Waals surface area contributed by atoms with Crippen molar-refractivity contribution in [3.05, 3.63) is 42.7 Å². The first-order valence-corrected chi connectivity index (χ1v) is 8.49. The Kier molecular flexibility index (Phi) is 4.19. The van der Waals surface area contributed by atoms with Crippen LogP contribution < -0.4 is 5.43 Å². The predicted molar refractivity (Wildman–Crippen MR) is 85.4 cm³/mol. The van der Waals surface area contributed by atoms with Gasteiger partial charge in [0.05, 0.1) is 16.1 Å². The summed E-state index contributed by atoms with van der Waals surface area (Å²) < 4.78 is 0.713. The molecule has 0 bridgehead atoms. The Morgan fingerprint density at radius 3 is 3.00 bits per heavy atom. The maximum atomic E-state index is 12.1. The van der Waals surface area contributed by atoms with E-state index in [1.165, 1.54) is 34.6 Å². The van der Waals surface area contributed by atoms with Crippen molar-refractivity contribution in [1.29, 1.82) is 0 Å². The second-order valence-corrected chi connectivity index (χ2v) is 7.31. The Morgan fingerprint density at radius 2 is 2.20 bits per heavy atom. The number of fused-ring (bicyclic) bond motifs is 1. The zero-order valence-electron chi connectivity index (χ0n) is 10.7. The predicted octanol–water partition coefficient (Wildman–Crippen LogP) is 4.11. The normalized spacial score (nSPS) is 14.4. The van der Waals surface area contributed by atoms with Crippen molar-refractivity contribution in [2.24, 2.45) is 5.10 Å². The standard InChI is InChI=1S/C14H13ClN2OS2/c15-13-6-5-9(20-13)7-16-17-14(18)11-8-19-12-4-2-1-3-10(11)12/h5-8H,1-4H2,(H,17,18)/b16-7-. The molecule has 0 saturated carbocycles. The maximum absolute atomic E-state index is 12.1. The number of nitrogens with one attached hydrogen (secondary N) is 1. The van der Waals surface area contributed by atoms with Crippen molar-refractivity contribution < 1.29 is 4.79 Å². The van der Waals surface area contributed by atoms with E-state index in [1.54, 1.807) is 17.6 Å². The summed E-state index contributed by atoms with van der Waals surface area (Å²) in [5.41, 5.74) is 4.59. The first kappa shape index (κ1) is 13.8. The molecule has 20 heavy (non-hydrogen) atoms. The molecule has 2 aromatic rings. The van der Waals surface area contributed by atoms with Gasteiger partial charge in [0.15, 0.2) is 0 Å². The topological polar surface area (TPSA) is 41.5 Å². The highest BCUT2D eigenvalue weighted by atomic mass is 35.5. The molecule has 1 N–H and O–H groups in total. The van der Waals surface area contributed by atoms with E-state index in [4.69, 9.17) is 11.6 Å². The molecule has 0 unspecified atom stereocenters. The number of amides is 1. The monoisotopic (exact) mass is 324 g/mol. The SMILES string of the molecule is O=C(N/N=C\c1ccc(Cl)s1)c1csc2c1CCCC2. The summed E-state index contributed by atoms with van der Waals surface area (Å²) in [5.74, 6) is -0.122. The summed E-state index contributed by atoms with van der Waals surface area (Å²) >= 11 is 8.95. The molecule has 3 nitrogen and oxygen atoms in total. The number of thiophene rings is 2. The van der Waals surface area contributed by atoms with Crippen LogP contribution in [-0.4, -0.2) is 12.1 Å². The first-order chi connectivity index (χ1) is 9.74. The summed E-state index contributed by atoms with van der Waals surface area (Å²) in [4.78, 5) is 14.4. The fraction of sp³-hybridized carbons (Fsp3) is 0.286. The van der Waals surface area contributed by atoms with Gasteiger partial charge in [0, 0.05) is 15.1 Å². The molecule has 0 saturated heterocycles. The smallest absolute Gasteiger partial charge is 0.267 e. The Morgan fingerprint density at radius 1 is 1.35 bits per heavy atom. The van der Waals surface area contributed by atoms with Crippen molar-refractivity contribution in [3.8, 4) is 0 Å². The van der Waals surface area contributed by atoms with E-state index < -0.39 is 0 Å². The molecular formula is C14H13ClN2OS2. The highest BCUT2D eigenvalue weighted by Gasteiger charge is 2.19. The molecule has 0 aromatic carbocycles. The van der Waals surface area contributed by atoms with Crippen LogP contribution in [0.3, 0.4) is 0 Å². The minimum Gasteiger partial charge on any atom is -0.267 e. The van der Waals surface area contributed by atoms with Gasteiger partial charge in [-0.05, 0) is 43.4 Å². The Hall–Kier alpha value is -1.17. The van der Waals surface area contributed by atoms with Crippen molar-refractivity contribution in [2.45, 2.75) is 25.7 Å². The number of carbonyl (C=O) groups excluding carboxylic acids is 1. The van der Waals surface area contributed by atoms with Crippen LogP contribution in [0.1, 0.15) is 38.5 Å². The number of nitrogens with zero attached hydrogens (tertiary/aromatic N) is 1.